The van der Waals surface area contributed by atoms with Crippen molar-refractivity contribution in [2.75, 3.05) is 26.2 Å². The van der Waals surface area contributed by atoms with E-state index in [0.717, 1.165) is 44.5 Å². The van der Waals surface area contributed by atoms with E-state index in [1.54, 1.807) is 4.90 Å². The van der Waals surface area contributed by atoms with Crippen LogP contribution in [-0.4, -0.2) is 54.0 Å². The Morgan fingerprint density at radius 3 is 2.55 bits per heavy atom. The Morgan fingerprint density at radius 1 is 1.03 bits per heavy atom. The highest BCUT2D eigenvalue weighted by molar-refractivity contribution is 5.79. The van der Waals surface area contributed by atoms with Gasteiger partial charge in [-0.1, -0.05) is 42.5 Å². The van der Waals surface area contributed by atoms with Crippen LogP contribution in [-0.2, 0) is 11.2 Å². The number of benzene rings is 2. The summed E-state index contributed by atoms with van der Waals surface area (Å²) >= 11 is 0. The van der Waals surface area contributed by atoms with Crippen molar-refractivity contribution >= 4 is 5.91 Å². The van der Waals surface area contributed by atoms with Gasteiger partial charge in [0.25, 0.3) is 0 Å². The molecule has 2 aliphatic heterocycles. The number of carbonyl (C=O) groups is 1. The summed E-state index contributed by atoms with van der Waals surface area (Å²) in [7, 11) is 0. The Labute approximate surface area is 172 Å². The molecule has 2 aromatic carbocycles. The van der Waals surface area contributed by atoms with E-state index >= 15 is 0 Å². The summed E-state index contributed by atoms with van der Waals surface area (Å²) in [5.74, 6) is 0.948. The lowest BCUT2D eigenvalue weighted by atomic mass is 10.1. The molecule has 2 aromatic rings. The van der Waals surface area contributed by atoms with E-state index in [0.29, 0.717) is 13.1 Å². The predicted octanol–water partition coefficient (Wildman–Crippen LogP) is 3.25. The predicted molar refractivity (Wildman–Crippen MR) is 112 cm³/mol. The lowest BCUT2D eigenvalue weighted by Gasteiger charge is -2.23. The minimum atomic E-state index is -0.244. The minimum Gasteiger partial charge on any atom is -0.489 e. The molecule has 0 N–H and O–H groups in total. The molecule has 5 heteroatoms. The summed E-state index contributed by atoms with van der Waals surface area (Å²) in [5.41, 5.74) is 2.56. The highest BCUT2D eigenvalue weighted by Crippen LogP contribution is 2.21. The summed E-state index contributed by atoms with van der Waals surface area (Å²) in [5, 5.41) is 9.18. The molecule has 4 rings (SSSR count). The Bertz CT molecular complexity index is 860. The molecule has 1 amide bonds. The van der Waals surface area contributed by atoms with Gasteiger partial charge in [-0.15, -0.1) is 0 Å². The molecule has 150 valence electrons. The van der Waals surface area contributed by atoms with Crippen LogP contribution in [0.4, 0.5) is 0 Å². The van der Waals surface area contributed by atoms with E-state index in [1.165, 1.54) is 11.1 Å². The first kappa shape index (κ1) is 19.5. The van der Waals surface area contributed by atoms with Crippen molar-refractivity contribution in [3.05, 3.63) is 65.7 Å². The van der Waals surface area contributed by atoms with Gasteiger partial charge in [0.2, 0.25) is 5.91 Å². The van der Waals surface area contributed by atoms with Crippen molar-refractivity contribution in [1.82, 2.24) is 9.80 Å². The number of carbonyl (C=O) groups excluding carboxylic acids is 1. The van der Waals surface area contributed by atoms with Crippen molar-refractivity contribution < 1.29 is 9.53 Å². The smallest absolute Gasteiger partial charge is 0.237 e. The molecule has 0 spiro atoms. The molecule has 29 heavy (non-hydrogen) atoms. The topological polar surface area (TPSA) is 56.6 Å². The second kappa shape index (κ2) is 9.11. The van der Waals surface area contributed by atoms with Gasteiger partial charge >= 0.3 is 0 Å². The second-order valence-electron chi connectivity index (χ2n) is 7.94. The van der Waals surface area contributed by atoms with Crippen LogP contribution in [0.25, 0.3) is 0 Å². The van der Waals surface area contributed by atoms with E-state index < -0.39 is 0 Å². The zero-order valence-corrected chi connectivity index (χ0v) is 16.7. The van der Waals surface area contributed by atoms with Crippen LogP contribution in [0, 0.1) is 11.3 Å². The molecule has 2 heterocycles. The van der Waals surface area contributed by atoms with Gasteiger partial charge < -0.3 is 9.64 Å². The Kier molecular flexibility index (Phi) is 6.12. The number of likely N-dealkylation sites (tertiary alicyclic amines) is 2. The van der Waals surface area contributed by atoms with Gasteiger partial charge in [-0.3, -0.25) is 9.69 Å². The third kappa shape index (κ3) is 4.96. The van der Waals surface area contributed by atoms with Crippen LogP contribution >= 0.6 is 0 Å². The maximum Gasteiger partial charge on any atom is 0.237 e. The molecule has 2 unspecified atom stereocenters. The average Bonchev–Trinajstić information content (AvgIpc) is 3.39. The van der Waals surface area contributed by atoms with E-state index in [4.69, 9.17) is 4.74 Å². The van der Waals surface area contributed by atoms with Gasteiger partial charge in [-0.05, 0) is 48.9 Å². The normalized spacial score (nSPS) is 21.8. The lowest BCUT2D eigenvalue weighted by molar-refractivity contribution is -0.132. The van der Waals surface area contributed by atoms with Gasteiger partial charge in [0.1, 0.15) is 17.9 Å². The van der Waals surface area contributed by atoms with E-state index in [9.17, 15) is 10.1 Å². The highest BCUT2D eigenvalue weighted by atomic mass is 16.5. The van der Waals surface area contributed by atoms with Crippen LogP contribution < -0.4 is 4.74 Å². The van der Waals surface area contributed by atoms with Crippen LogP contribution in [0.1, 0.15) is 30.4 Å². The zero-order chi connectivity index (χ0) is 20.1. The zero-order valence-electron chi connectivity index (χ0n) is 16.7. The first-order valence-corrected chi connectivity index (χ1v) is 10.4. The Morgan fingerprint density at radius 2 is 1.79 bits per heavy atom. The molecular weight excluding hydrogens is 362 g/mol. The number of nitrogens with zero attached hydrogens (tertiary/aromatic N) is 3. The van der Waals surface area contributed by atoms with Crippen molar-refractivity contribution in [3.63, 3.8) is 0 Å². The van der Waals surface area contributed by atoms with Crippen molar-refractivity contribution in [2.24, 2.45) is 0 Å². The number of ether oxygens (including phenoxy) is 1. The summed E-state index contributed by atoms with van der Waals surface area (Å²) in [6.07, 6.45) is 3.67. The fourth-order valence-electron chi connectivity index (χ4n) is 4.23. The van der Waals surface area contributed by atoms with E-state index in [2.05, 4.69) is 47.4 Å². The number of amides is 1. The monoisotopic (exact) mass is 389 g/mol. The van der Waals surface area contributed by atoms with Crippen LogP contribution in [0.15, 0.2) is 54.6 Å². The SMILES string of the molecule is N#CC1CCCN1C(=O)CN1CCC(Oc2ccc(Cc3ccccc3)cc2)C1. The summed E-state index contributed by atoms with van der Waals surface area (Å²) < 4.78 is 6.14. The number of hydrogen-bond acceptors (Lipinski definition) is 4. The van der Waals surface area contributed by atoms with Gasteiger partial charge in [-0.2, -0.15) is 5.26 Å². The van der Waals surface area contributed by atoms with Crippen molar-refractivity contribution in [2.45, 2.75) is 37.8 Å². The van der Waals surface area contributed by atoms with Crippen molar-refractivity contribution in [3.8, 4) is 11.8 Å². The van der Waals surface area contributed by atoms with Gasteiger partial charge in [0.05, 0.1) is 12.6 Å². The molecule has 0 bridgehead atoms. The molecule has 0 aromatic heterocycles. The quantitative estimate of drug-likeness (QED) is 0.761. The average molecular weight is 389 g/mol. The molecule has 2 aliphatic rings. The van der Waals surface area contributed by atoms with Gasteiger partial charge in [0.15, 0.2) is 0 Å². The molecule has 0 saturated carbocycles. The number of nitriles is 1. The maximum absolute atomic E-state index is 12.5. The lowest BCUT2D eigenvalue weighted by Crippen LogP contribution is -2.42. The van der Waals surface area contributed by atoms with E-state index in [1.807, 2.05) is 18.2 Å². The molecular formula is C24H27N3O2. The highest BCUT2D eigenvalue weighted by Gasteiger charge is 2.32. The fourth-order valence-corrected chi connectivity index (χ4v) is 4.23. The molecule has 2 fully saturated rings. The third-order valence-electron chi connectivity index (χ3n) is 5.79. The fraction of sp³-hybridized carbons (Fsp3) is 0.417. The summed E-state index contributed by atoms with van der Waals surface area (Å²) in [6, 6.07) is 20.7. The van der Waals surface area contributed by atoms with Crippen LogP contribution in [0.2, 0.25) is 0 Å². The van der Waals surface area contributed by atoms with Crippen LogP contribution in [0.5, 0.6) is 5.75 Å². The second-order valence-corrected chi connectivity index (χ2v) is 7.94. The van der Waals surface area contributed by atoms with Gasteiger partial charge in [-0.25, -0.2) is 0 Å². The van der Waals surface area contributed by atoms with Crippen molar-refractivity contribution in [1.29, 1.82) is 5.26 Å². The molecule has 0 radical (unpaired) electrons. The first-order chi connectivity index (χ1) is 14.2. The number of rotatable bonds is 6. The maximum atomic E-state index is 12.5. The summed E-state index contributed by atoms with van der Waals surface area (Å²) in [4.78, 5) is 16.4. The molecule has 2 atom stereocenters. The molecule has 0 aliphatic carbocycles. The molecule has 5 nitrogen and oxygen atoms in total. The Balaban J connectivity index is 1.26. The first-order valence-electron chi connectivity index (χ1n) is 10.4. The molecule has 2 saturated heterocycles. The largest absolute Gasteiger partial charge is 0.489 e. The number of hydrogen-bond donors (Lipinski definition) is 0. The van der Waals surface area contributed by atoms with Gasteiger partial charge in [0, 0.05) is 19.6 Å². The van der Waals surface area contributed by atoms with Crippen LogP contribution in [0.3, 0.4) is 0 Å². The Hall–Kier alpha value is -2.84. The standard InChI is InChI=1S/C24H27N3O2/c25-16-21-7-4-13-27(21)24(28)18-26-14-12-23(17-26)29-22-10-8-20(9-11-22)15-19-5-2-1-3-6-19/h1-3,5-6,8-11,21,23H,4,7,12-15,17-18H2. The third-order valence-corrected chi connectivity index (χ3v) is 5.79. The summed E-state index contributed by atoms with van der Waals surface area (Å²) in [6.45, 7) is 2.70. The van der Waals surface area contributed by atoms with E-state index in [-0.39, 0.29) is 18.1 Å². The minimum absolute atomic E-state index is 0.0694.